The van der Waals surface area contributed by atoms with Crippen molar-refractivity contribution in [2.24, 2.45) is 4.99 Å². The van der Waals surface area contributed by atoms with Gasteiger partial charge in [0, 0.05) is 32.1 Å². The summed E-state index contributed by atoms with van der Waals surface area (Å²) < 4.78 is 62.9. The minimum atomic E-state index is -4.46. The third kappa shape index (κ3) is 7.92. The highest BCUT2D eigenvalue weighted by Crippen LogP contribution is 2.29. The molecule has 0 unspecified atom stereocenters. The van der Waals surface area contributed by atoms with E-state index >= 15 is 0 Å². The van der Waals surface area contributed by atoms with Gasteiger partial charge < -0.3 is 10.6 Å². The Morgan fingerprint density at radius 3 is 2.38 bits per heavy atom. The molecule has 0 radical (unpaired) electrons. The second-order valence-corrected chi connectivity index (χ2v) is 7.91. The molecular formula is C13H23F3IN5O2S2. The molecule has 0 aliphatic rings. The maximum atomic E-state index is 12.5. The third-order valence-corrected chi connectivity index (χ3v) is 6.10. The van der Waals surface area contributed by atoms with E-state index in [0.717, 1.165) is 16.7 Å². The van der Waals surface area contributed by atoms with Crippen LogP contribution in [0.3, 0.4) is 0 Å². The van der Waals surface area contributed by atoms with E-state index in [1.54, 1.807) is 13.8 Å². The highest BCUT2D eigenvalue weighted by Gasteiger charge is 2.33. The van der Waals surface area contributed by atoms with Gasteiger partial charge in [-0.25, -0.2) is 17.7 Å². The lowest BCUT2D eigenvalue weighted by molar-refractivity contribution is -0.140. The van der Waals surface area contributed by atoms with Gasteiger partial charge in [-0.2, -0.15) is 13.2 Å². The SMILES string of the molecule is CCN(CC)S(=O)(=O)CCNC(=NC)NCc1nc(C(F)(F)F)cs1.I. The molecule has 1 aromatic heterocycles. The van der Waals surface area contributed by atoms with Crippen LogP contribution in [0.4, 0.5) is 13.2 Å². The van der Waals surface area contributed by atoms with Crippen LogP contribution in [0.5, 0.6) is 0 Å². The summed E-state index contributed by atoms with van der Waals surface area (Å²) in [5.41, 5.74) is -0.928. The van der Waals surface area contributed by atoms with Crippen LogP contribution in [0, 0.1) is 0 Å². The topological polar surface area (TPSA) is 86.7 Å². The second-order valence-electron chi connectivity index (χ2n) is 4.88. The number of sulfonamides is 1. The highest BCUT2D eigenvalue weighted by molar-refractivity contribution is 14.0. The molecule has 0 aromatic carbocycles. The second kappa shape index (κ2) is 11.2. The number of aromatic nitrogens is 1. The molecule has 26 heavy (non-hydrogen) atoms. The smallest absolute Gasteiger partial charge is 0.355 e. The number of alkyl halides is 3. The Labute approximate surface area is 172 Å². The number of rotatable bonds is 8. The fourth-order valence-electron chi connectivity index (χ4n) is 1.95. The molecular weight excluding hydrogens is 506 g/mol. The van der Waals surface area contributed by atoms with Crippen LogP contribution in [-0.2, 0) is 22.7 Å². The molecule has 0 saturated carbocycles. The molecule has 1 heterocycles. The summed E-state index contributed by atoms with van der Waals surface area (Å²) >= 11 is 0.888. The molecule has 7 nitrogen and oxygen atoms in total. The van der Waals surface area contributed by atoms with Gasteiger partial charge in [0.2, 0.25) is 10.0 Å². The zero-order chi connectivity index (χ0) is 19.1. The van der Waals surface area contributed by atoms with Crippen molar-refractivity contribution in [3.8, 4) is 0 Å². The summed E-state index contributed by atoms with van der Waals surface area (Å²) in [7, 11) is -1.87. The zero-order valence-electron chi connectivity index (χ0n) is 14.6. The highest BCUT2D eigenvalue weighted by atomic mass is 127. The summed E-state index contributed by atoms with van der Waals surface area (Å²) in [6.07, 6.45) is -4.46. The Kier molecular flexibility index (Phi) is 10.9. The van der Waals surface area contributed by atoms with Crippen molar-refractivity contribution >= 4 is 51.3 Å². The van der Waals surface area contributed by atoms with Crippen LogP contribution in [0.15, 0.2) is 10.4 Å². The first-order valence-electron chi connectivity index (χ1n) is 7.58. The average Bonchev–Trinajstić information content (AvgIpc) is 3.00. The number of hydrogen-bond acceptors (Lipinski definition) is 5. The molecule has 0 bridgehead atoms. The normalized spacial score (nSPS) is 12.8. The van der Waals surface area contributed by atoms with Gasteiger partial charge in [-0.3, -0.25) is 4.99 Å². The van der Waals surface area contributed by atoms with E-state index in [-0.39, 0.29) is 47.8 Å². The van der Waals surface area contributed by atoms with Crippen molar-refractivity contribution in [2.45, 2.75) is 26.6 Å². The third-order valence-electron chi connectivity index (χ3n) is 3.22. The van der Waals surface area contributed by atoms with Crippen LogP contribution in [0.25, 0.3) is 0 Å². The Morgan fingerprint density at radius 2 is 1.92 bits per heavy atom. The Bertz CT molecular complexity index is 676. The Balaban J connectivity index is 0.00000625. The van der Waals surface area contributed by atoms with Gasteiger partial charge in [-0.15, -0.1) is 35.3 Å². The lowest BCUT2D eigenvalue weighted by Crippen LogP contribution is -2.41. The Hall–Kier alpha value is -0.670. The minimum Gasteiger partial charge on any atom is -0.355 e. The van der Waals surface area contributed by atoms with E-state index in [1.165, 1.54) is 11.4 Å². The molecule has 0 saturated heterocycles. The average molecular weight is 529 g/mol. The fourth-order valence-corrected chi connectivity index (χ4v) is 4.09. The zero-order valence-corrected chi connectivity index (χ0v) is 18.6. The summed E-state index contributed by atoms with van der Waals surface area (Å²) in [5.74, 6) is 0.184. The molecule has 0 atom stereocenters. The molecule has 2 N–H and O–H groups in total. The van der Waals surface area contributed by atoms with Crippen LogP contribution < -0.4 is 10.6 Å². The van der Waals surface area contributed by atoms with Crippen LogP contribution in [0.1, 0.15) is 24.5 Å². The molecule has 13 heteroatoms. The van der Waals surface area contributed by atoms with Crippen molar-refractivity contribution < 1.29 is 21.6 Å². The maximum Gasteiger partial charge on any atom is 0.434 e. The Morgan fingerprint density at radius 1 is 1.31 bits per heavy atom. The van der Waals surface area contributed by atoms with E-state index in [9.17, 15) is 21.6 Å². The van der Waals surface area contributed by atoms with Crippen molar-refractivity contribution in [1.29, 1.82) is 0 Å². The lowest BCUT2D eigenvalue weighted by Gasteiger charge is -2.19. The standard InChI is InChI=1S/C13H22F3N5O2S2.HI/c1-4-21(5-2)25(22,23)7-6-18-12(17-3)19-8-11-20-10(9-24-11)13(14,15)16;/h9H,4-8H2,1-3H3,(H2,17,18,19);1H. The predicted molar refractivity (Wildman–Crippen MR) is 107 cm³/mol. The summed E-state index contributed by atoms with van der Waals surface area (Å²) in [6.45, 7) is 4.51. The molecule has 1 aromatic rings. The van der Waals surface area contributed by atoms with Gasteiger partial charge in [-0.05, 0) is 0 Å². The van der Waals surface area contributed by atoms with E-state index in [1.807, 2.05) is 0 Å². The summed E-state index contributed by atoms with van der Waals surface area (Å²) in [4.78, 5) is 7.40. The molecule has 1 rings (SSSR count). The molecule has 0 aliphatic carbocycles. The minimum absolute atomic E-state index is 0. The van der Waals surface area contributed by atoms with Crippen LogP contribution in [-0.4, -0.2) is 56.1 Å². The molecule has 0 amide bonds. The summed E-state index contributed by atoms with van der Waals surface area (Å²) in [5, 5.41) is 6.83. The first-order chi connectivity index (χ1) is 11.6. The number of thiazole rings is 1. The van der Waals surface area contributed by atoms with Crippen LogP contribution >= 0.6 is 35.3 Å². The number of guanidine groups is 1. The van der Waals surface area contributed by atoms with E-state index < -0.39 is 21.9 Å². The molecule has 152 valence electrons. The van der Waals surface area contributed by atoms with Gasteiger partial charge >= 0.3 is 6.18 Å². The lowest BCUT2D eigenvalue weighted by atomic mass is 10.5. The van der Waals surface area contributed by atoms with Gasteiger partial charge in [0.05, 0.1) is 12.3 Å². The first-order valence-corrected chi connectivity index (χ1v) is 10.1. The van der Waals surface area contributed by atoms with Gasteiger partial charge in [0.1, 0.15) is 5.01 Å². The van der Waals surface area contributed by atoms with Crippen molar-refractivity contribution in [2.75, 3.05) is 32.4 Å². The number of nitrogens with one attached hydrogen (secondary N) is 2. The van der Waals surface area contributed by atoms with Crippen molar-refractivity contribution in [3.63, 3.8) is 0 Å². The van der Waals surface area contributed by atoms with Crippen molar-refractivity contribution in [1.82, 2.24) is 19.9 Å². The fraction of sp³-hybridized carbons (Fsp3) is 0.692. The number of hydrogen-bond donors (Lipinski definition) is 2. The van der Waals surface area contributed by atoms with E-state index in [2.05, 4.69) is 20.6 Å². The largest absolute Gasteiger partial charge is 0.434 e. The number of halogens is 4. The molecule has 0 fully saturated rings. The summed E-state index contributed by atoms with van der Waals surface area (Å²) in [6, 6.07) is 0. The van der Waals surface area contributed by atoms with Gasteiger partial charge in [0.25, 0.3) is 0 Å². The van der Waals surface area contributed by atoms with Gasteiger partial charge in [-0.1, -0.05) is 13.8 Å². The maximum absolute atomic E-state index is 12.5. The van der Waals surface area contributed by atoms with Crippen molar-refractivity contribution in [3.05, 3.63) is 16.1 Å². The number of aliphatic imine (C=N–C) groups is 1. The van der Waals surface area contributed by atoms with E-state index in [4.69, 9.17) is 0 Å². The predicted octanol–water partition coefficient (Wildman–Crippen LogP) is 2.12. The first kappa shape index (κ1) is 25.3. The number of nitrogens with zero attached hydrogens (tertiary/aromatic N) is 3. The quantitative estimate of drug-likeness (QED) is 0.306. The van der Waals surface area contributed by atoms with Gasteiger partial charge in [0.15, 0.2) is 11.7 Å². The monoisotopic (exact) mass is 529 g/mol. The van der Waals surface area contributed by atoms with Crippen LogP contribution in [0.2, 0.25) is 0 Å². The molecule has 0 spiro atoms. The van der Waals surface area contributed by atoms with E-state index in [0.29, 0.717) is 19.0 Å². The molecule has 0 aliphatic heterocycles.